The van der Waals surface area contributed by atoms with E-state index in [0.29, 0.717) is 12.8 Å². The highest BCUT2D eigenvalue weighted by Crippen LogP contribution is 2.44. The van der Waals surface area contributed by atoms with Crippen LogP contribution in [0.25, 0.3) is 11.1 Å². The van der Waals surface area contributed by atoms with Gasteiger partial charge >= 0.3 is 12.1 Å². The molecule has 0 radical (unpaired) electrons. The average Bonchev–Trinajstić information content (AvgIpc) is 3.13. The van der Waals surface area contributed by atoms with Gasteiger partial charge in [0.1, 0.15) is 12.6 Å². The Hall–Kier alpha value is -3.40. The molecule has 4 rings (SSSR count). The fourth-order valence-electron chi connectivity index (χ4n) is 4.81. The zero-order valence-corrected chi connectivity index (χ0v) is 19.9. The number of carboxylic acid groups (broad SMARTS) is 1. The SMILES string of the molecule is O=C(O)CC(NC(=O)OCC1c2ccccc2-c2ccccc21)C(=O)NCC1CCCS(=O)(=O)C1. The Morgan fingerprint density at radius 3 is 2.26 bits per heavy atom. The molecule has 0 aromatic heterocycles. The Balaban J connectivity index is 1.36. The third-order valence-electron chi connectivity index (χ3n) is 6.45. The van der Waals surface area contributed by atoms with Gasteiger partial charge in [0.05, 0.1) is 17.9 Å². The molecule has 2 aliphatic rings. The summed E-state index contributed by atoms with van der Waals surface area (Å²) in [5.41, 5.74) is 4.21. The van der Waals surface area contributed by atoms with E-state index >= 15 is 0 Å². The Labute approximate surface area is 203 Å². The molecule has 1 aliphatic carbocycles. The van der Waals surface area contributed by atoms with Gasteiger partial charge in [-0.1, -0.05) is 48.5 Å². The van der Waals surface area contributed by atoms with Crippen molar-refractivity contribution in [1.82, 2.24) is 10.6 Å². The topological polar surface area (TPSA) is 139 Å². The maximum Gasteiger partial charge on any atom is 0.407 e. The third-order valence-corrected chi connectivity index (χ3v) is 8.34. The van der Waals surface area contributed by atoms with Crippen LogP contribution in [0.3, 0.4) is 0 Å². The first kappa shape index (κ1) is 24.7. The minimum absolute atomic E-state index is 0.0172. The van der Waals surface area contributed by atoms with Crippen LogP contribution in [0.4, 0.5) is 4.79 Å². The van der Waals surface area contributed by atoms with Gasteiger partial charge in [-0.15, -0.1) is 0 Å². The number of carboxylic acids is 1. The van der Waals surface area contributed by atoms with E-state index in [0.717, 1.165) is 22.3 Å². The van der Waals surface area contributed by atoms with Gasteiger partial charge < -0.3 is 20.5 Å². The van der Waals surface area contributed by atoms with Crippen molar-refractivity contribution in [1.29, 1.82) is 0 Å². The molecule has 0 spiro atoms. The summed E-state index contributed by atoms with van der Waals surface area (Å²) in [6.07, 6.45) is -0.338. The van der Waals surface area contributed by atoms with E-state index in [1.165, 1.54) is 0 Å². The van der Waals surface area contributed by atoms with E-state index in [1.807, 2.05) is 48.5 Å². The van der Waals surface area contributed by atoms with Crippen molar-refractivity contribution < 1.29 is 32.6 Å². The lowest BCUT2D eigenvalue weighted by atomic mass is 9.98. The number of carbonyl (C=O) groups excluding carboxylic acids is 2. The van der Waals surface area contributed by atoms with Crippen molar-refractivity contribution in [3.05, 3.63) is 59.7 Å². The summed E-state index contributed by atoms with van der Waals surface area (Å²) in [5.74, 6) is -2.24. The summed E-state index contributed by atoms with van der Waals surface area (Å²) in [7, 11) is -3.13. The molecule has 3 N–H and O–H groups in total. The molecule has 1 heterocycles. The second-order valence-corrected chi connectivity index (χ2v) is 11.2. The quantitative estimate of drug-likeness (QED) is 0.505. The van der Waals surface area contributed by atoms with Crippen LogP contribution in [0.1, 0.15) is 36.3 Å². The number of sulfone groups is 1. The summed E-state index contributed by atoms with van der Waals surface area (Å²) in [5, 5.41) is 14.1. The first-order valence-corrected chi connectivity index (χ1v) is 13.4. The van der Waals surface area contributed by atoms with Crippen LogP contribution in [-0.2, 0) is 24.2 Å². The highest BCUT2D eigenvalue weighted by atomic mass is 32.2. The predicted octanol–water partition coefficient (Wildman–Crippen LogP) is 2.31. The summed E-state index contributed by atoms with van der Waals surface area (Å²) in [6, 6.07) is 14.4. The van der Waals surface area contributed by atoms with Gasteiger partial charge in [-0.05, 0) is 41.0 Å². The minimum atomic E-state index is -3.13. The van der Waals surface area contributed by atoms with Crippen molar-refractivity contribution in [3.8, 4) is 11.1 Å². The molecule has 1 aliphatic heterocycles. The van der Waals surface area contributed by atoms with Crippen molar-refractivity contribution in [2.75, 3.05) is 24.7 Å². The molecule has 2 atom stereocenters. The largest absolute Gasteiger partial charge is 0.481 e. The Morgan fingerprint density at radius 1 is 1.03 bits per heavy atom. The number of carbonyl (C=O) groups is 3. The second-order valence-electron chi connectivity index (χ2n) is 8.99. The minimum Gasteiger partial charge on any atom is -0.481 e. The van der Waals surface area contributed by atoms with E-state index in [4.69, 9.17) is 4.74 Å². The monoisotopic (exact) mass is 500 g/mol. The number of amides is 2. The van der Waals surface area contributed by atoms with Gasteiger partial charge in [-0.25, -0.2) is 13.2 Å². The molecular formula is C25H28N2O7S. The van der Waals surface area contributed by atoms with E-state index in [9.17, 15) is 27.9 Å². The standard InChI is InChI=1S/C25H28N2O7S/c28-23(29)12-22(24(30)26-13-16-6-5-11-35(32,33)15-16)27-25(31)34-14-21-19-9-3-1-7-17(19)18-8-2-4-10-20(18)21/h1-4,7-10,16,21-22H,5-6,11-15H2,(H,26,30)(H,27,31)(H,28,29). The Bertz CT molecular complexity index is 1180. The molecule has 1 saturated heterocycles. The number of ether oxygens (including phenoxy) is 1. The molecule has 2 unspecified atom stereocenters. The summed E-state index contributed by atoms with van der Waals surface area (Å²) in [4.78, 5) is 36.4. The number of alkyl carbamates (subject to hydrolysis) is 1. The number of hydrogen-bond donors (Lipinski definition) is 3. The lowest BCUT2D eigenvalue weighted by molar-refractivity contribution is -0.139. The van der Waals surface area contributed by atoms with Gasteiger partial charge in [0, 0.05) is 12.5 Å². The Morgan fingerprint density at radius 2 is 1.66 bits per heavy atom. The zero-order valence-electron chi connectivity index (χ0n) is 19.1. The molecule has 2 amide bonds. The number of fused-ring (bicyclic) bond motifs is 3. The van der Waals surface area contributed by atoms with Crippen molar-refractivity contribution in [3.63, 3.8) is 0 Å². The molecule has 9 nitrogen and oxygen atoms in total. The number of rotatable bonds is 8. The normalized spacial score (nSPS) is 19.1. The zero-order chi connectivity index (χ0) is 25.0. The van der Waals surface area contributed by atoms with Crippen LogP contribution in [0, 0.1) is 5.92 Å². The second kappa shape index (κ2) is 10.5. The molecule has 186 valence electrons. The lowest BCUT2D eigenvalue weighted by Crippen LogP contribution is -2.49. The molecule has 0 bridgehead atoms. The van der Waals surface area contributed by atoms with Crippen LogP contribution in [0.5, 0.6) is 0 Å². The van der Waals surface area contributed by atoms with Crippen molar-refractivity contribution in [2.24, 2.45) is 5.92 Å². The summed E-state index contributed by atoms with van der Waals surface area (Å²) in [6.45, 7) is 0.127. The highest BCUT2D eigenvalue weighted by molar-refractivity contribution is 7.91. The van der Waals surface area contributed by atoms with Gasteiger partial charge in [0.25, 0.3) is 0 Å². The first-order valence-electron chi connectivity index (χ1n) is 11.5. The van der Waals surface area contributed by atoms with Crippen LogP contribution < -0.4 is 10.6 Å². The van der Waals surface area contributed by atoms with Gasteiger partial charge in [-0.2, -0.15) is 0 Å². The molecular weight excluding hydrogens is 472 g/mol. The summed E-state index contributed by atoms with van der Waals surface area (Å²) >= 11 is 0. The third kappa shape index (κ3) is 6.00. The fourth-order valence-corrected chi connectivity index (χ4v) is 6.59. The number of aliphatic carboxylic acids is 1. The number of hydrogen-bond acceptors (Lipinski definition) is 6. The van der Waals surface area contributed by atoms with Crippen LogP contribution in [0.2, 0.25) is 0 Å². The van der Waals surface area contributed by atoms with Crippen molar-refractivity contribution >= 4 is 27.8 Å². The van der Waals surface area contributed by atoms with E-state index in [1.54, 1.807) is 0 Å². The first-order chi connectivity index (χ1) is 16.7. The Kier molecular flexibility index (Phi) is 7.39. The smallest absolute Gasteiger partial charge is 0.407 e. The molecule has 10 heteroatoms. The van der Waals surface area contributed by atoms with Crippen molar-refractivity contribution in [2.45, 2.75) is 31.2 Å². The van der Waals surface area contributed by atoms with Gasteiger partial charge in [0.2, 0.25) is 5.91 Å². The van der Waals surface area contributed by atoms with Crippen LogP contribution in [-0.4, -0.2) is 62.2 Å². The predicted molar refractivity (Wildman–Crippen MR) is 129 cm³/mol. The van der Waals surface area contributed by atoms with Crippen LogP contribution in [0.15, 0.2) is 48.5 Å². The number of nitrogens with one attached hydrogen (secondary N) is 2. The average molecular weight is 501 g/mol. The molecule has 1 fully saturated rings. The molecule has 0 saturated carbocycles. The fraction of sp³-hybridized carbons (Fsp3) is 0.400. The number of benzene rings is 2. The molecule has 2 aromatic carbocycles. The molecule has 35 heavy (non-hydrogen) atoms. The summed E-state index contributed by atoms with van der Waals surface area (Å²) < 4.78 is 29.0. The van der Waals surface area contributed by atoms with Crippen LogP contribution >= 0.6 is 0 Å². The van der Waals surface area contributed by atoms with E-state index < -0.39 is 40.3 Å². The van der Waals surface area contributed by atoms with E-state index in [2.05, 4.69) is 10.6 Å². The van der Waals surface area contributed by atoms with Gasteiger partial charge in [0.15, 0.2) is 9.84 Å². The highest BCUT2D eigenvalue weighted by Gasteiger charge is 2.31. The maximum absolute atomic E-state index is 12.6. The maximum atomic E-state index is 12.6. The molecule has 2 aromatic rings. The lowest BCUT2D eigenvalue weighted by Gasteiger charge is -2.23. The van der Waals surface area contributed by atoms with E-state index in [-0.39, 0.29) is 36.5 Å². The van der Waals surface area contributed by atoms with Gasteiger partial charge in [-0.3, -0.25) is 9.59 Å².